The highest BCUT2D eigenvalue weighted by molar-refractivity contribution is 6.29. The fourth-order valence-corrected chi connectivity index (χ4v) is 1.47. The molecule has 1 heterocycles. The number of aromatic amines is 1. The molecule has 0 unspecified atom stereocenters. The summed E-state index contributed by atoms with van der Waals surface area (Å²) in [6.07, 6.45) is 0. The summed E-state index contributed by atoms with van der Waals surface area (Å²) in [6, 6.07) is 10.3. The number of aromatic nitrogens is 2. The zero-order valence-electron chi connectivity index (χ0n) is 8.72. The number of halogens is 1. The van der Waals surface area contributed by atoms with Crippen LogP contribution >= 0.6 is 11.6 Å². The number of hydrogen-bond acceptors (Lipinski definition) is 3. The smallest absolute Gasteiger partial charge is 0.363 e. The van der Waals surface area contributed by atoms with Crippen LogP contribution in [-0.2, 0) is 6.61 Å². The highest BCUT2D eigenvalue weighted by atomic mass is 35.5. The van der Waals surface area contributed by atoms with Crippen molar-refractivity contribution < 1.29 is 4.84 Å². The highest BCUT2D eigenvalue weighted by Crippen LogP contribution is 1.98. The van der Waals surface area contributed by atoms with Gasteiger partial charge in [-0.05, 0) is 5.56 Å². The van der Waals surface area contributed by atoms with Gasteiger partial charge >= 0.3 is 5.69 Å². The lowest BCUT2D eigenvalue weighted by atomic mass is 10.2. The average molecular weight is 253 g/mol. The van der Waals surface area contributed by atoms with E-state index < -0.39 is 11.2 Å². The van der Waals surface area contributed by atoms with Crippen molar-refractivity contribution in [3.8, 4) is 0 Å². The molecule has 1 aromatic carbocycles. The molecule has 17 heavy (non-hydrogen) atoms. The predicted molar refractivity (Wildman–Crippen MR) is 63.1 cm³/mol. The third kappa shape index (κ3) is 2.76. The molecule has 2 rings (SSSR count). The van der Waals surface area contributed by atoms with E-state index >= 15 is 0 Å². The number of nitrogens with zero attached hydrogens (tertiary/aromatic N) is 1. The predicted octanol–water partition coefficient (Wildman–Crippen LogP) is 0.819. The molecule has 0 fully saturated rings. The van der Waals surface area contributed by atoms with Crippen molar-refractivity contribution in [2.45, 2.75) is 6.61 Å². The van der Waals surface area contributed by atoms with E-state index in [0.29, 0.717) is 4.73 Å². The van der Waals surface area contributed by atoms with Crippen LogP contribution in [0.5, 0.6) is 0 Å². The topological polar surface area (TPSA) is 64.1 Å². The van der Waals surface area contributed by atoms with Crippen molar-refractivity contribution in [2.24, 2.45) is 0 Å². The van der Waals surface area contributed by atoms with Gasteiger partial charge in [-0.15, -0.1) is 0 Å². The number of rotatable bonds is 3. The molecule has 0 atom stereocenters. The van der Waals surface area contributed by atoms with Gasteiger partial charge in [0.2, 0.25) is 0 Å². The second kappa shape index (κ2) is 4.88. The fourth-order valence-electron chi connectivity index (χ4n) is 1.29. The lowest BCUT2D eigenvalue weighted by molar-refractivity contribution is 0.0790. The fraction of sp³-hybridized carbons (Fsp3) is 0.0909. The molecular weight excluding hydrogens is 244 g/mol. The summed E-state index contributed by atoms with van der Waals surface area (Å²) in [4.78, 5) is 30.2. The summed E-state index contributed by atoms with van der Waals surface area (Å²) in [7, 11) is 0. The molecule has 0 aliphatic heterocycles. The molecule has 0 amide bonds. The maximum Gasteiger partial charge on any atom is 0.363 e. The molecule has 0 aliphatic carbocycles. The van der Waals surface area contributed by atoms with Gasteiger partial charge in [0.1, 0.15) is 11.8 Å². The number of hydrogen-bond donors (Lipinski definition) is 1. The summed E-state index contributed by atoms with van der Waals surface area (Å²) < 4.78 is 0.638. The molecule has 0 saturated carbocycles. The van der Waals surface area contributed by atoms with Crippen LogP contribution in [0, 0.1) is 0 Å². The van der Waals surface area contributed by atoms with E-state index in [9.17, 15) is 9.59 Å². The first-order valence-electron chi connectivity index (χ1n) is 4.86. The Hall–Kier alpha value is -2.01. The van der Waals surface area contributed by atoms with E-state index in [1.165, 1.54) is 0 Å². The Morgan fingerprint density at radius 1 is 1.24 bits per heavy atom. The second-order valence-corrected chi connectivity index (χ2v) is 3.72. The largest absolute Gasteiger partial charge is 0.401 e. The van der Waals surface area contributed by atoms with Crippen LogP contribution < -0.4 is 16.1 Å². The van der Waals surface area contributed by atoms with Crippen LogP contribution in [0.4, 0.5) is 0 Å². The van der Waals surface area contributed by atoms with Crippen molar-refractivity contribution in [1.29, 1.82) is 0 Å². The van der Waals surface area contributed by atoms with Crippen LogP contribution in [0.2, 0.25) is 5.15 Å². The normalized spacial score (nSPS) is 10.2. The van der Waals surface area contributed by atoms with Gasteiger partial charge in [-0.1, -0.05) is 46.7 Å². The molecule has 1 N–H and O–H groups in total. The van der Waals surface area contributed by atoms with Crippen molar-refractivity contribution in [1.82, 2.24) is 9.71 Å². The van der Waals surface area contributed by atoms with Crippen LogP contribution in [0.25, 0.3) is 0 Å². The maximum absolute atomic E-state index is 11.4. The first-order valence-corrected chi connectivity index (χ1v) is 5.24. The Morgan fingerprint density at radius 3 is 2.59 bits per heavy atom. The molecule has 0 saturated heterocycles. The third-order valence-electron chi connectivity index (χ3n) is 2.06. The minimum atomic E-state index is -0.696. The van der Waals surface area contributed by atoms with Gasteiger partial charge in [0.15, 0.2) is 0 Å². The van der Waals surface area contributed by atoms with E-state index in [2.05, 4.69) is 4.98 Å². The Labute approximate surface area is 101 Å². The van der Waals surface area contributed by atoms with Gasteiger partial charge in [0.05, 0.1) is 0 Å². The molecule has 0 bridgehead atoms. The van der Waals surface area contributed by atoms with Crippen LogP contribution in [0.1, 0.15) is 5.56 Å². The zero-order valence-corrected chi connectivity index (χ0v) is 9.48. The van der Waals surface area contributed by atoms with Gasteiger partial charge in [-0.2, -0.15) is 0 Å². The summed E-state index contributed by atoms with van der Waals surface area (Å²) in [5.41, 5.74) is -0.443. The quantitative estimate of drug-likeness (QED) is 0.823. The Kier molecular flexibility index (Phi) is 3.30. The lowest BCUT2D eigenvalue weighted by Crippen LogP contribution is -2.39. The van der Waals surface area contributed by atoms with Crippen molar-refractivity contribution in [3.63, 3.8) is 0 Å². The Bertz CT molecular complexity index is 587. The standard InChI is InChI=1S/C11H9ClN2O3/c12-9-6-10(15)14(11(16)13-9)17-7-8-4-2-1-3-5-8/h1-6H,7H2,(H,13,16). The maximum atomic E-state index is 11.4. The second-order valence-electron chi connectivity index (χ2n) is 3.31. The summed E-state index contributed by atoms with van der Waals surface area (Å²) >= 11 is 5.51. The van der Waals surface area contributed by atoms with Crippen LogP contribution in [-0.4, -0.2) is 9.71 Å². The van der Waals surface area contributed by atoms with Gasteiger partial charge in [-0.25, -0.2) is 4.79 Å². The molecular formula is C11H9ClN2O3. The van der Waals surface area contributed by atoms with Crippen LogP contribution in [0.3, 0.4) is 0 Å². The van der Waals surface area contributed by atoms with E-state index in [0.717, 1.165) is 11.6 Å². The van der Waals surface area contributed by atoms with E-state index in [-0.39, 0.29) is 11.8 Å². The molecule has 0 spiro atoms. The number of nitrogens with one attached hydrogen (secondary N) is 1. The molecule has 1 aromatic heterocycles. The third-order valence-corrected chi connectivity index (χ3v) is 2.27. The minimum Gasteiger partial charge on any atom is -0.401 e. The summed E-state index contributed by atoms with van der Waals surface area (Å²) in [5.74, 6) is 0. The average Bonchev–Trinajstić information content (AvgIpc) is 2.29. The monoisotopic (exact) mass is 252 g/mol. The highest BCUT2D eigenvalue weighted by Gasteiger charge is 2.03. The molecule has 0 radical (unpaired) electrons. The zero-order chi connectivity index (χ0) is 12.3. The van der Waals surface area contributed by atoms with Crippen molar-refractivity contribution in [2.75, 3.05) is 0 Å². The number of benzene rings is 1. The molecule has 0 aliphatic rings. The molecule has 6 heteroatoms. The molecule has 5 nitrogen and oxygen atoms in total. The molecule has 88 valence electrons. The molecule has 2 aromatic rings. The van der Waals surface area contributed by atoms with E-state index in [4.69, 9.17) is 16.4 Å². The van der Waals surface area contributed by atoms with E-state index in [1.54, 1.807) is 0 Å². The van der Waals surface area contributed by atoms with Gasteiger partial charge in [-0.3, -0.25) is 9.78 Å². The van der Waals surface area contributed by atoms with Gasteiger partial charge < -0.3 is 4.84 Å². The van der Waals surface area contributed by atoms with Gasteiger partial charge in [0, 0.05) is 6.07 Å². The van der Waals surface area contributed by atoms with Crippen molar-refractivity contribution in [3.05, 3.63) is 68.0 Å². The first kappa shape index (κ1) is 11.5. The lowest BCUT2D eigenvalue weighted by Gasteiger charge is -2.06. The SMILES string of the molecule is O=c1cc(Cl)[nH]c(=O)n1OCc1ccccc1. The first-order chi connectivity index (χ1) is 8.16. The number of H-pyrrole nitrogens is 1. The Morgan fingerprint density at radius 2 is 1.94 bits per heavy atom. The van der Waals surface area contributed by atoms with Gasteiger partial charge in [0.25, 0.3) is 5.56 Å². The van der Waals surface area contributed by atoms with E-state index in [1.807, 2.05) is 30.3 Å². The van der Waals surface area contributed by atoms with Crippen molar-refractivity contribution >= 4 is 11.6 Å². The summed E-state index contributed by atoms with van der Waals surface area (Å²) in [6.45, 7) is 0.130. The van der Waals surface area contributed by atoms with Crippen LogP contribution in [0.15, 0.2) is 46.0 Å². The summed E-state index contributed by atoms with van der Waals surface area (Å²) in [5, 5.41) is -0.0143. The minimum absolute atomic E-state index is 0.0143. The Balaban J connectivity index is 2.21.